The van der Waals surface area contributed by atoms with Gasteiger partial charge in [-0.3, -0.25) is 0 Å². The van der Waals surface area contributed by atoms with Crippen LogP contribution in [0.4, 0.5) is 0 Å². The zero-order valence-corrected chi connectivity index (χ0v) is 13.8. The van der Waals surface area contributed by atoms with E-state index < -0.39 is 0 Å². The van der Waals surface area contributed by atoms with Gasteiger partial charge in [-0.15, -0.1) is 12.4 Å². The van der Waals surface area contributed by atoms with Gasteiger partial charge in [-0.25, -0.2) is 0 Å². The Morgan fingerprint density at radius 1 is 1.00 bits per heavy atom. The van der Waals surface area contributed by atoms with Gasteiger partial charge in [0.25, 0.3) is 0 Å². The van der Waals surface area contributed by atoms with Gasteiger partial charge in [0.2, 0.25) is 5.88 Å². The summed E-state index contributed by atoms with van der Waals surface area (Å²) < 4.78 is 5.97. The van der Waals surface area contributed by atoms with E-state index in [1.165, 1.54) is 0 Å². The van der Waals surface area contributed by atoms with Gasteiger partial charge < -0.3 is 9.72 Å². The van der Waals surface area contributed by atoms with Gasteiger partial charge in [0.1, 0.15) is 17.3 Å². The monoisotopic (exact) mass is 334 g/mol. The maximum atomic E-state index is 5.97. The summed E-state index contributed by atoms with van der Waals surface area (Å²) >= 11 is 5.94. The molecule has 1 aromatic heterocycles. The van der Waals surface area contributed by atoms with Gasteiger partial charge in [-0.1, -0.05) is 41.9 Å². The minimum atomic E-state index is 0. The lowest BCUT2D eigenvalue weighted by atomic mass is 10.1. The molecule has 0 aliphatic heterocycles. The molecule has 0 bridgehead atoms. The zero-order chi connectivity index (χ0) is 14.8. The number of aromatic amines is 1. The predicted molar refractivity (Wildman–Crippen MR) is 92.3 cm³/mol. The molecule has 1 N–H and O–H groups in total. The van der Waals surface area contributed by atoms with Crippen LogP contribution in [-0.4, -0.2) is 9.97 Å². The summed E-state index contributed by atoms with van der Waals surface area (Å²) in [5.41, 5.74) is 2.91. The molecular weight excluding hydrogens is 319 g/mol. The number of imidazole rings is 1. The van der Waals surface area contributed by atoms with E-state index in [0.717, 1.165) is 28.4 Å². The first-order valence-corrected chi connectivity index (χ1v) is 7.07. The zero-order valence-electron chi connectivity index (χ0n) is 12.3. The highest BCUT2D eigenvalue weighted by Gasteiger charge is 2.13. The Kier molecular flexibility index (Phi) is 5.11. The first-order chi connectivity index (χ1) is 10.1. The quantitative estimate of drug-likeness (QED) is 0.680. The Hall–Kier alpha value is -1.97. The fraction of sp³-hybridized carbons (Fsp3) is 0.118. The Labute approximate surface area is 140 Å². The van der Waals surface area contributed by atoms with E-state index in [0.29, 0.717) is 10.9 Å². The average Bonchev–Trinajstić information content (AvgIpc) is 2.83. The van der Waals surface area contributed by atoms with Crippen LogP contribution in [0.25, 0.3) is 11.3 Å². The first-order valence-electron chi connectivity index (χ1n) is 6.69. The van der Waals surface area contributed by atoms with Crippen molar-refractivity contribution in [3.63, 3.8) is 0 Å². The number of rotatable bonds is 3. The lowest BCUT2D eigenvalue weighted by Gasteiger charge is -2.08. The molecule has 0 aliphatic carbocycles. The van der Waals surface area contributed by atoms with E-state index in [-0.39, 0.29) is 12.4 Å². The molecule has 1 heterocycles. The Morgan fingerprint density at radius 2 is 1.68 bits per heavy atom. The normalized spacial score (nSPS) is 10.1. The smallest absolute Gasteiger partial charge is 0.245 e. The standard InChI is InChI=1S/C17H15ClN2O.ClH/c1-11-5-3-4-6-15(11)21-17-16(19-12(2)20-17)13-7-9-14(18)10-8-13;/h3-10H,1-2H3,(H,19,20);1H. The van der Waals surface area contributed by atoms with E-state index in [2.05, 4.69) is 9.97 Å². The second-order valence-electron chi connectivity index (χ2n) is 4.88. The van der Waals surface area contributed by atoms with E-state index in [1.54, 1.807) is 0 Å². The van der Waals surface area contributed by atoms with E-state index >= 15 is 0 Å². The Bertz CT molecular complexity index is 767. The van der Waals surface area contributed by atoms with Crippen LogP contribution >= 0.6 is 24.0 Å². The van der Waals surface area contributed by atoms with E-state index in [1.807, 2.05) is 62.4 Å². The number of aromatic nitrogens is 2. The van der Waals surface area contributed by atoms with E-state index in [9.17, 15) is 0 Å². The summed E-state index contributed by atoms with van der Waals surface area (Å²) in [6.07, 6.45) is 0. The molecule has 0 unspecified atom stereocenters. The predicted octanol–water partition coefficient (Wildman–Crippen LogP) is 5.56. The number of nitrogens with one attached hydrogen (secondary N) is 1. The topological polar surface area (TPSA) is 37.9 Å². The van der Waals surface area contributed by atoms with Crippen LogP contribution < -0.4 is 4.74 Å². The maximum Gasteiger partial charge on any atom is 0.245 e. The van der Waals surface area contributed by atoms with Crippen molar-refractivity contribution in [1.29, 1.82) is 0 Å². The van der Waals surface area contributed by atoms with Crippen LogP contribution in [0, 0.1) is 13.8 Å². The summed E-state index contributed by atoms with van der Waals surface area (Å²) in [7, 11) is 0. The molecule has 0 aliphatic rings. The van der Waals surface area contributed by atoms with Crippen molar-refractivity contribution in [3.8, 4) is 22.9 Å². The molecule has 114 valence electrons. The third-order valence-corrected chi connectivity index (χ3v) is 3.47. The molecule has 0 fully saturated rings. The summed E-state index contributed by atoms with van der Waals surface area (Å²) in [5, 5.41) is 0.705. The highest BCUT2D eigenvalue weighted by atomic mass is 35.5. The van der Waals surface area contributed by atoms with Crippen LogP contribution in [0.5, 0.6) is 11.6 Å². The van der Waals surface area contributed by atoms with E-state index in [4.69, 9.17) is 16.3 Å². The molecule has 22 heavy (non-hydrogen) atoms. The molecule has 0 radical (unpaired) electrons. The van der Waals surface area contributed by atoms with Crippen molar-refractivity contribution >= 4 is 24.0 Å². The molecule has 0 amide bonds. The second kappa shape index (κ2) is 6.86. The third-order valence-electron chi connectivity index (χ3n) is 3.22. The molecule has 2 aromatic carbocycles. The number of halogens is 2. The number of H-pyrrole nitrogens is 1. The summed E-state index contributed by atoms with van der Waals surface area (Å²) in [5.74, 6) is 2.19. The average molecular weight is 335 g/mol. The maximum absolute atomic E-state index is 5.97. The molecule has 5 heteroatoms. The molecule has 0 saturated heterocycles. The minimum absolute atomic E-state index is 0. The van der Waals surface area contributed by atoms with Crippen LogP contribution in [0.1, 0.15) is 11.4 Å². The number of hydrogen-bond donors (Lipinski definition) is 1. The van der Waals surface area contributed by atoms with Gasteiger partial charge in [0, 0.05) is 10.6 Å². The SMILES string of the molecule is Cc1nc(Oc2ccccc2C)c(-c2ccc(Cl)cc2)[nH]1.Cl. The lowest BCUT2D eigenvalue weighted by molar-refractivity contribution is 0.463. The van der Waals surface area contributed by atoms with Crippen molar-refractivity contribution in [1.82, 2.24) is 9.97 Å². The Morgan fingerprint density at radius 3 is 2.36 bits per heavy atom. The molecule has 0 atom stereocenters. The minimum Gasteiger partial charge on any atom is -0.437 e. The molecular formula is C17H16Cl2N2O. The number of benzene rings is 2. The second-order valence-corrected chi connectivity index (χ2v) is 5.31. The van der Waals surface area contributed by atoms with Crippen molar-refractivity contribution in [2.24, 2.45) is 0 Å². The van der Waals surface area contributed by atoms with Gasteiger partial charge in [0.15, 0.2) is 0 Å². The van der Waals surface area contributed by atoms with Crippen LogP contribution in [0.3, 0.4) is 0 Å². The first kappa shape index (κ1) is 16.4. The van der Waals surface area contributed by atoms with Crippen molar-refractivity contribution in [2.75, 3.05) is 0 Å². The van der Waals surface area contributed by atoms with Gasteiger partial charge >= 0.3 is 0 Å². The molecule has 3 nitrogen and oxygen atoms in total. The van der Waals surface area contributed by atoms with Gasteiger partial charge in [-0.2, -0.15) is 4.98 Å². The fourth-order valence-electron chi connectivity index (χ4n) is 2.13. The highest BCUT2D eigenvalue weighted by molar-refractivity contribution is 6.30. The number of ether oxygens (including phenoxy) is 1. The molecule has 0 spiro atoms. The number of para-hydroxylation sites is 1. The lowest BCUT2D eigenvalue weighted by Crippen LogP contribution is -1.89. The third kappa shape index (κ3) is 3.43. The van der Waals surface area contributed by atoms with Gasteiger partial charge in [0.05, 0.1) is 0 Å². The molecule has 3 aromatic rings. The van der Waals surface area contributed by atoms with Gasteiger partial charge in [-0.05, 0) is 37.6 Å². The van der Waals surface area contributed by atoms with Crippen LogP contribution in [0.15, 0.2) is 48.5 Å². The summed E-state index contributed by atoms with van der Waals surface area (Å²) in [4.78, 5) is 7.68. The summed E-state index contributed by atoms with van der Waals surface area (Å²) in [6.45, 7) is 3.92. The fourth-order valence-corrected chi connectivity index (χ4v) is 2.26. The Balaban J connectivity index is 0.00000176. The van der Waals surface area contributed by atoms with Crippen LogP contribution in [-0.2, 0) is 0 Å². The number of aryl methyl sites for hydroxylation is 2. The van der Waals surface area contributed by atoms with Crippen molar-refractivity contribution in [2.45, 2.75) is 13.8 Å². The highest BCUT2D eigenvalue weighted by Crippen LogP contribution is 2.32. The largest absolute Gasteiger partial charge is 0.437 e. The van der Waals surface area contributed by atoms with Crippen LogP contribution in [0.2, 0.25) is 5.02 Å². The van der Waals surface area contributed by atoms with Crippen molar-refractivity contribution in [3.05, 3.63) is 64.9 Å². The molecule has 0 saturated carbocycles. The van der Waals surface area contributed by atoms with Crippen molar-refractivity contribution < 1.29 is 4.74 Å². The summed E-state index contributed by atoms with van der Waals surface area (Å²) in [6, 6.07) is 15.5. The number of nitrogens with zero attached hydrogens (tertiary/aromatic N) is 1. The number of hydrogen-bond acceptors (Lipinski definition) is 2. The molecule has 3 rings (SSSR count).